The predicted molar refractivity (Wildman–Crippen MR) is 85.8 cm³/mol. The molecule has 2 aliphatic heterocycles. The van der Waals surface area contributed by atoms with Gasteiger partial charge in [-0.25, -0.2) is 9.18 Å². The highest BCUT2D eigenvalue weighted by molar-refractivity contribution is 6.30. The van der Waals surface area contributed by atoms with Gasteiger partial charge in [-0.05, 0) is 25.0 Å². The van der Waals surface area contributed by atoms with Crippen LogP contribution < -0.4 is 15.8 Å². The fourth-order valence-corrected chi connectivity index (χ4v) is 3.18. The van der Waals surface area contributed by atoms with E-state index in [0.29, 0.717) is 12.8 Å². The largest absolute Gasteiger partial charge is 0.491 e. The van der Waals surface area contributed by atoms with Gasteiger partial charge in [0, 0.05) is 12.1 Å². The molecule has 12 heteroatoms. The Labute approximate surface area is 161 Å². The minimum Gasteiger partial charge on any atom is -0.446 e. The Hall–Kier alpha value is -2.11. The molecule has 3 N–H and O–H groups in total. The van der Waals surface area contributed by atoms with E-state index in [2.05, 4.69) is 10.1 Å². The van der Waals surface area contributed by atoms with Crippen molar-refractivity contribution in [3.8, 4) is 5.75 Å². The summed E-state index contributed by atoms with van der Waals surface area (Å²) in [6.45, 7) is 0. The molecule has 1 aromatic carbocycles. The SMILES string of the molecule is N[C@@H]1C[C@@H]2O[C@H]1C[C@H]2NC(=O)C(OC(=O)C(F)(F)F)Oc1ccc(Cl)c(F)c1. The second-order valence-corrected chi connectivity index (χ2v) is 6.80. The average Bonchev–Trinajstić information content (AvgIpc) is 3.15. The van der Waals surface area contributed by atoms with Crippen molar-refractivity contribution in [2.45, 2.75) is 49.6 Å². The van der Waals surface area contributed by atoms with Crippen LogP contribution in [0.25, 0.3) is 0 Å². The van der Waals surface area contributed by atoms with E-state index >= 15 is 0 Å². The van der Waals surface area contributed by atoms with Gasteiger partial charge in [0.15, 0.2) is 0 Å². The Morgan fingerprint density at radius 1 is 1.29 bits per heavy atom. The Balaban J connectivity index is 1.72. The lowest BCUT2D eigenvalue weighted by atomic mass is 9.92. The molecule has 1 unspecified atom stereocenters. The van der Waals surface area contributed by atoms with Crippen LogP contribution in [0.4, 0.5) is 17.6 Å². The minimum absolute atomic E-state index is 0.190. The zero-order valence-electron chi connectivity index (χ0n) is 14.0. The summed E-state index contributed by atoms with van der Waals surface area (Å²) in [6.07, 6.45) is -7.52. The third-order valence-electron chi connectivity index (χ3n) is 4.39. The number of carbonyl (C=O) groups excluding carboxylic acids is 2. The number of carbonyl (C=O) groups is 2. The van der Waals surface area contributed by atoms with Crippen LogP contribution in [-0.4, -0.2) is 48.6 Å². The molecule has 154 valence electrons. The van der Waals surface area contributed by atoms with Crippen molar-refractivity contribution in [2.24, 2.45) is 5.73 Å². The van der Waals surface area contributed by atoms with Crippen LogP contribution >= 0.6 is 11.6 Å². The van der Waals surface area contributed by atoms with Crippen LogP contribution in [-0.2, 0) is 19.1 Å². The number of hydrogen-bond acceptors (Lipinski definition) is 6. The number of esters is 1. The molecule has 2 fully saturated rings. The molecule has 7 nitrogen and oxygen atoms in total. The first kappa shape index (κ1) is 20.6. The Kier molecular flexibility index (Phi) is 5.69. The molecule has 1 aromatic rings. The summed E-state index contributed by atoms with van der Waals surface area (Å²) in [5.41, 5.74) is 5.81. The fourth-order valence-electron chi connectivity index (χ4n) is 3.06. The van der Waals surface area contributed by atoms with Crippen LogP contribution in [0, 0.1) is 5.82 Å². The van der Waals surface area contributed by atoms with E-state index in [1.165, 1.54) is 0 Å². The number of ether oxygens (including phenoxy) is 3. The van der Waals surface area contributed by atoms with E-state index in [1.807, 2.05) is 0 Å². The number of benzene rings is 1. The molecule has 0 radical (unpaired) electrons. The summed E-state index contributed by atoms with van der Waals surface area (Å²) in [5, 5.41) is 2.16. The number of amides is 1. The monoisotopic (exact) mass is 426 g/mol. The highest BCUT2D eigenvalue weighted by Crippen LogP contribution is 2.34. The number of fused-ring (bicyclic) bond motifs is 2. The number of halogens is 5. The molecular formula is C16H15ClF4N2O5. The van der Waals surface area contributed by atoms with Crippen molar-refractivity contribution in [3.05, 3.63) is 29.0 Å². The third-order valence-corrected chi connectivity index (χ3v) is 4.69. The summed E-state index contributed by atoms with van der Waals surface area (Å²) < 4.78 is 65.7. The topological polar surface area (TPSA) is 99.9 Å². The van der Waals surface area contributed by atoms with Gasteiger partial charge in [-0.15, -0.1) is 0 Å². The first-order valence-electron chi connectivity index (χ1n) is 8.15. The van der Waals surface area contributed by atoms with Crippen molar-refractivity contribution < 1.29 is 41.4 Å². The van der Waals surface area contributed by atoms with Gasteiger partial charge in [0.1, 0.15) is 11.6 Å². The van der Waals surface area contributed by atoms with Crippen LogP contribution in [0.15, 0.2) is 18.2 Å². The molecule has 5 atom stereocenters. The number of alkyl halides is 3. The maximum atomic E-state index is 13.5. The summed E-state index contributed by atoms with van der Waals surface area (Å²) in [7, 11) is 0. The number of nitrogens with one attached hydrogen (secondary N) is 1. The molecule has 0 spiro atoms. The molecule has 1 amide bonds. The lowest BCUT2D eigenvalue weighted by Gasteiger charge is -2.25. The van der Waals surface area contributed by atoms with Crippen molar-refractivity contribution in [1.29, 1.82) is 0 Å². The van der Waals surface area contributed by atoms with Gasteiger partial charge in [0.2, 0.25) is 0 Å². The molecule has 2 aliphatic rings. The fraction of sp³-hybridized carbons (Fsp3) is 0.500. The second-order valence-electron chi connectivity index (χ2n) is 6.39. The molecule has 2 saturated heterocycles. The van der Waals surface area contributed by atoms with Crippen LogP contribution in [0.5, 0.6) is 5.75 Å². The number of nitrogens with two attached hydrogens (primary N) is 1. The Morgan fingerprint density at radius 3 is 2.54 bits per heavy atom. The first-order valence-corrected chi connectivity index (χ1v) is 8.53. The van der Waals surface area contributed by atoms with Crippen molar-refractivity contribution in [2.75, 3.05) is 0 Å². The van der Waals surface area contributed by atoms with Crippen LogP contribution in [0.1, 0.15) is 12.8 Å². The zero-order valence-corrected chi connectivity index (χ0v) is 14.8. The molecule has 3 rings (SSSR count). The highest BCUT2D eigenvalue weighted by atomic mass is 35.5. The molecule has 0 saturated carbocycles. The number of hydrogen-bond donors (Lipinski definition) is 2. The smallest absolute Gasteiger partial charge is 0.446 e. The van der Waals surface area contributed by atoms with E-state index in [4.69, 9.17) is 26.8 Å². The van der Waals surface area contributed by atoms with Gasteiger partial charge in [-0.3, -0.25) is 4.79 Å². The maximum absolute atomic E-state index is 13.5. The predicted octanol–water partition coefficient (Wildman–Crippen LogP) is 1.66. The summed E-state index contributed by atoms with van der Waals surface area (Å²) in [4.78, 5) is 23.5. The van der Waals surface area contributed by atoms with E-state index < -0.39 is 42.3 Å². The van der Waals surface area contributed by atoms with Gasteiger partial charge in [-0.2, -0.15) is 13.2 Å². The quantitative estimate of drug-likeness (QED) is 0.422. The lowest BCUT2D eigenvalue weighted by Crippen LogP contribution is -2.51. The van der Waals surface area contributed by atoms with Gasteiger partial charge >= 0.3 is 24.3 Å². The van der Waals surface area contributed by atoms with Gasteiger partial charge < -0.3 is 25.3 Å². The van der Waals surface area contributed by atoms with E-state index in [0.717, 1.165) is 18.2 Å². The molecule has 28 heavy (non-hydrogen) atoms. The second kappa shape index (κ2) is 7.72. The van der Waals surface area contributed by atoms with E-state index in [9.17, 15) is 27.2 Å². The van der Waals surface area contributed by atoms with Crippen molar-refractivity contribution in [3.63, 3.8) is 0 Å². The Morgan fingerprint density at radius 2 is 2.00 bits per heavy atom. The average molecular weight is 427 g/mol. The number of rotatable bonds is 5. The molecular weight excluding hydrogens is 412 g/mol. The Bertz CT molecular complexity index is 776. The van der Waals surface area contributed by atoms with Crippen LogP contribution in [0.2, 0.25) is 5.02 Å². The summed E-state index contributed by atoms with van der Waals surface area (Å²) >= 11 is 5.52. The normalized spacial score (nSPS) is 27.4. The minimum atomic E-state index is -5.35. The van der Waals surface area contributed by atoms with E-state index in [-0.39, 0.29) is 22.9 Å². The zero-order chi connectivity index (χ0) is 20.6. The van der Waals surface area contributed by atoms with Gasteiger partial charge in [0.25, 0.3) is 0 Å². The van der Waals surface area contributed by atoms with Crippen molar-refractivity contribution >= 4 is 23.5 Å². The molecule has 0 aromatic heterocycles. The molecule has 0 aliphatic carbocycles. The van der Waals surface area contributed by atoms with Gasteiger partial charge in [-0.1, -0.05) is 11.6 Å². The van der Waals surface area contributed by atoms with Gasteiger partial charge in [0.05, 0.1) is 23.3 Å². The lowest BCUT2D eigenvalue weighted by molar-refractivity contribution is -0.216. The van der Waals surface area contributed by atoms with E-state index in [1.54, 1.807) is 0 Å². The molecule has 2 bridgehead atoms. The summed E-state index contributed by atoms with van der Waals surface area (Å²) in [6, 6.07) is 2.19. The standard InChI is InChI=1S/C16H15ClF4N2O5/c17-7-2-1-6(3-8(7)18)26-14(28-15(25)16(19,20)21)13(24)23-10-5-11-9(22)4-12(10)27-11/h1-3,9-12,14H,4-5,22H2,(H,23,24)/t9-,10-,11+,12+,14?/m1/s1. The van der Waals surface area contributed by atoms with Crippen LogP contribution in [0.3, 0.4) is 0 Å². The first-order chi connectivity index (χ1) is 13.0. The molecule has 2 heterocycles. The van der Waals surface area contributed by atoms with Crippen molar-refractivity contribution in [1.82, 2.24) is 5.32 Å². The highest BCUT2D eigenvalue weighted by Gasteiger charge is 2.48. The third kappa shape index (κ3) is 4.47. The summed E-state index contributed by atoms with van der Waals surface area (Å²) in [5.74, 6) is -5.07. The maximum Gasteiger partial charge on any atom is 0.491 e.